The highest BCUT2D eigenvalue weighted by Crippen LogP contribution is 2.32. The minimum absolute atomic E-state index is 0.180. The quantitative estimate of drug-likeness (QED) is 0.759. The van der Waals surface area contributed by atoms with E-state index in [4.69, 9.17) is 11.1 Å². The van der Waals surface area contributed by atoms with Crippen LogP contribution in [0.3, 0.4) is 0 Å². The molecule has 5 heteroatoms. The van der Waals surface area contributed by atoms with Crippen LogP contribution < -0.4 is 5.73 Å². The van der Waals surface area contributed by atoms with E-state index in [9.17, 15) is 9.59 Å². The summed E-state index contributed by atoms with van der Waals surface area (Å²) in [4.78, 5) is 23.1. The number of amidine groups is 1. The fraction of sp³-hybridized carbons (Fsp3) is 0.250. The molecule has 0 radical (unpaired) electrons. The SMILES string of the molecule is N=C1CCC(c2ccc(C=O)cc2)N1C(N)=O. The number of hydrogen-bond acceptors (Lipinski definition) is 3. The van der Waals surface area contributed by atoms with Crippen LogP contribution in [0.1, 0.15) is 34.8 Å². The van der Waals surface area contributed by atoms with Crippen molar-refractivity contribution in [2.24, 2.45) is 5.73 Å². The summed E-state index contributed by atoms with van der Waals surface area (Å²) in [5, 5.41) is 7.66. The molecule has 1 aromatic carbocycles. The third-order valence-corrected chi connectivity index (χ3v) is 2.95. The second-order valence-electron chi connectivity index (χ2n) is 3.99. The first-order valence-electron chi connectivity index (χ1n) is 5.34. The number of benzene rings is 1. The van der Waals surface area contributed by atoms with E-state index in [1.807, 2.05) is 0 Å². The van der Waals surface area contributed by atoms with E-state index >= 15 is 0 Å². The maximum absolute atomic E-state index is 11.3. The molecular weight excluding hydrogens is 218 g/mol. The van der Waals surface area contributed by atoms with Gasteiger partial charge in [0, 0.05) is 12.0 Å². The normalized spacial score (nSPS) is 19.4. The molecule has 2 amide bonds. The molecular formula is C12H13N3O2. The first kappa shape index (κ1) is 11.3. The Bertz CT molecular complexity index is 467. The van der Waals surface area contributed by atoms with Crippen molar-refractivity contribution in [2.45, 2.75) is 18.9 Å². The molecule has 1 atom stereocenters. The monoisotopic (exact) mass is 231 g/mol. The smallest absolute Gasteiger partial charge is 0.320 e. The average Bonchev–Trinajstić information content (AvgIpc) is 2.71. The van der Waals surface area contributed by atoms with Gasteiger partial charge in [-0.05, 0) is 12.0 Å². The number of nitrogens with zero attached hydrogens (tertiary/aromatic N) is 1. The van der Waals surface area contributed by atoms with E-state index in [1.165, 1.54) is 4.90 Å². The van der Waals surface area contributed by atoms with Crippen LogP contribution in [0.15, 0.2) is 24.3 Å². The molecule has 5 nitrogen and oxygen atoms in total. The number of hydrogen-bond donors (Lipinski definition) is 2. The molecule has 1 aliphatic rings. The Morgan fingerprint density at radius 3 is 2.59 bits per heavy atom. The topological polar surface area (TPSA) is 87.2 Å². The third-order valence-electron chi connectivity index (χ3n) is 2.95. The predicted molar refractivity (Wildman–Crippen MR) is 63.0 cm³/mol. The predicted octanol–water partition coefficient (Wildman–Crippen LogP) is 1.69. The van der Waals surface area contributed by atoms with Crippen LogP contribution >= 0.6 is 0 Å². The Morgan fingerprint density at radius 1 is 1.41 bits per heavy atom. The van der Waals surface area contributed by atoms with Gasteiger partial charge in [-0.3, -0.25) is 15.1 Å². The van der Waals surface area contributed by atoms with Crippen LogP contribution in [-0.2, 0) is 0 Å². The zero-order valence-corrected chi connectivity index (χ0v) is 9.22. The lowest BCUT2D eigenvalue weighted by atomic mass is 10.0. The van der Waals surface area contributed by atoms with Crippen molar-refractivity contribution in [1.29, 1.82) is 5.41 Å². The summed E-state index contributed by atoms with van der Waals surface area (Å²) in [7, 11) is 0. The number of urea groups is 1. The fourth-order valence-electron chi connectivity index (χ4n) is 2.11. The molecule has 1 unspecified atom stereocenters. The van der Waals surface area contributed by atoms with Gasteiger partial charge in [0.1, 0.15) is 12.1 Å². The summed E-state index contributed by atoms with van der Waals surface area (Å²) >= 11 is 0. The highest BCUT2D eigenvalue weighted by Gasteiger charge is 2.32. The first-order valence-corrected chi connectivity index (χ1v) is 5.34. The highest BCUT2D eigenvalue weighted by atomic mass is 16.2. The third kappa shape index (κ3) is 2.04. The zero-order valence-electron chi connectivity index (χ0n) is 9.22. The lowest BCUT2D eigenvalue weighted by molar-refractivity contribution is 0.112. The summed E-state index contributed by atoms with van der Waals surface area (Å²) < 4.78 is 0. The molecule has 0 saturated carbocycles. The summed E-state index contributed by atoms with van der Waals surface area (Å²) in [5.74, 6) is 0.252. The molecule has 1 aromatic rings. The average molecular weight is 231 g/mol. The van der Waals surface area contributed by atoms with Crippen molar-refractivity contribution in [1.82, 2.24) is 4.90 Å². The van der Waals surface area contributed by atoms with Crippen molar-refractivity contribution in [3.63, 3.8) is 0 Å². The summed E-state index contributed by atoms with van der Waals surface area (Å²) in [6.45, 7) is 0. The van der Waals surface area contributed by atoms with Crippen molar-refractivity contribution in [2.75, 3.05) is 0 Å². The number of likely N-dealkylation sites (tertiary alicyclic amines) is 1. The Kier molecular flexibility index (Phi) is 2.91. The van der Waals surface area contributed by atoms with Crippen LogP contribution in [0.2, 0.25) is 0 Å². The molecule has 0 aromatic heterocycles. The number of primary amides is 1. The molecule has 3 N–H and O–H groups in total. The van der Waals surface area contributed by atoms with Crippen LogP contribution in [-0.4, -0.2) is 23.1 Å². The number of nitrogens with two attached hydrogens (primary N) is 1. The molecule has 1 fully saturated rings. The minimum atomic E-state index is -0.600. The number of rotatable bonds is 2. The van der Waals surface area contributed by atoms with E-state index in [2.05, 4.69) is 0 Å². The number of nitrogens with one attached hydrogen (secondary N) is 1. The fourth-order valence-corrected chi connectivity index (χ4v) is 2.11. The number of carbonyl (C=O) groups excluding carboxylic acids is 2. The van der Waals surface area contributed by atoms with Gasteiger partial charge < -0.3 is 5.73 Å². The Morgan fingerprint density at radius 2 is 2.06 bits per heavy atom. The van der Waals surface area contributed by atoms with E-state index in [1.54, 1.807) is 24.3 Å². The zero-order chi connectivity index (χ0) is 12.4. The highest BCUT2D eigenvalue weighted by molar-refractivity contribution is 5.97. The molecule has 2 rings (SSSR count). The van der Waals surface area contributed by atoms with E-state index < -0.39 is 6.03 Å². The Labute approximate surface area is 98.7 Å². The van der Waals surface area contributed by atoms with Crippen LogP contribution in [0.5, 0.6) is 0 Å². The van der Waals surface area contributed by atoms with Gasteiger partial charge in [0.15, 0.2) is 0 Å². The van der Waals surface area contributed by atoms with E-state index in [0.29, 0.717) is 18.4 Å². The number of carbonyl (C=O) groups is 2. The summed E-state index contributed by atoms with van der Waals surface area (Å²) in [6.07, 6.45) is 2.01. The lowest BCUT2D eigenvalue weighted by Gasteiger charge is -2.22. The molecule has 17 heavy (non-hydrogen) atoms. The molecule has 0 spiro atoms. The van der Waals surface area contributed by atoms with Crippen molar-refractivity contribution >= 4 is 18.2 Å². The van der Waals surface area contributed by atoms with Crippen LogP contribution in [0.25, 0.3) is 0 Å². The number of amides is 2. The minimum Gasteiger partial charge on any atom is -0.351 e. The van der Waals surface area contributed by atoms with Gasteiger partial charge in [0.25, 0.3) is 0 Å². The first-order chi connectivity index (χ1) is 8.13. The Balaban J connectivity index is 2.29. The van der Waals surface area contributed by atoms with Gasteiger partial charge in [0.05, 0.1) is 6.04 Å². The van der Waals surface area contributed by atoms with Gasteiger partial charge in [-0.25, -0.2) is 4.79 Å². The van der Waals surface area contributed by atoms with Gasteiger partial charge >= 0.3 is 6.03 Å². The molecule has 0 aliphatic carbocycles. The molecule has 1 aliphatic heterocycles. The van der Waals surface area contributed by atoms with Gasteiger partial charge in [-0.2, -0.15) is 0 Å². The standard InChI is InChI=1S/C12H13N3O2/c13-11-6-5-10(15(11)12(14)17)9-3-1-8(7-16)2-4-9/h1-4,7,10,13H,5-6H2,(H2,14,17). The molecule has 1 saturated heterocycles. The lowest BCUT2D eigenvalue weighted by Crippen LogP contribution is -2.38. The second-order valence-corrected chi connectivity index (χ2v) is 3.99. The van der Waals surface area contributed by atoms with Crippen LogP contribution in [0.4, 0.5) is 4.79 Å². The second kappa shape index (κ2) is 4.37. The largest absolute Gasteiger partial charge is 0.351 e. The molecule has 1 heterocycles. The molecule has 0 bridgehead atoms. The maximum atomic E-state index is 11.3. The van der Waals surface area contributed by atoms with Gasteiger partial charge in [-0.1, -0.05) is 24.3 Å². The summed E-state index contributed by atoms with van der Waals surface area (Å²) in [6, 6.07) is 6.20. The van der Waals surface area contributed by atoms with Gasteiger partial charge in [-0.15, -0.1) is 0 Å². The van der Waals surface area contributed by atoms with E-state index in [0.717, 1.165) is 11.8 Å². The van der Waals surface area contributed by atoms with Crippen LogP contribution in [0, 0.1) is 5.41 Å². The van der Waals surface area contributed by atoms with Crippen molar-refractivity contribution in [3.05, 3.63) is 35.4 Å². The van der Waals surface area contributed by atoms with E-state index in [-0.39, 0.29) is 11.9 Å². The summed E-state index contributed by atoms with van der Waals surface area (Å²) in [5.41, 5.74) is 6.75. The molecule has 88 valence electrons. The van der Waals surface area contributed by atoms with Crippen molar-refractivity contribution in [3.8, 4) is 0 Å². The number of aldehydes is 1. The van der Waals surface area contributed by atoms with Crippen molar-refractivity contribution < 1.29 is 9.59 Å². The maximum Gasteiger partial charge on any atom is 0.320 e. The Hall–Kier alpha value is -2.17. The van der Waals surface area contributed by atoms with Gasteiger partial charge in [0.2, 0.25) is 0 Å².